The largest absolute Gasteiger partial charge is 0.318 e. The minimum atomic E-state index is -0.713. The van der Waals surface area contributed by atoms with Crippen molar-refractivity contribution < 1.29 is 4.39 Å². The highest BCUT2D eigenvalue weighted by Gasteiger charge is 2.36. The first kappa shape index (κ1) is 14.3. The van der Waals surface area contributed by atoms with Crippen molar-refractivity contribution >= 4 is 0 Å². The Labute approximate surface area is 126 Å². The molecule has 3 rings (SSSR count). The summed E-state index contributed by atoms with van der Waals surface area (Å²) in [6.07, 6.45) is 3.97. The Bertz CT molecular complexity index is 654. The quantitative estimate of drug-likeness (QED) is 0.773. The Balaban J connectivity index is 2.25. The Morgan fingerprint density at radius 2 is 1.86 bits per heavy atom. The van der Waals surface area contributed by atoms with E-state index in [1.165, 1.54) is 5.56 Å². The standard InChI is InChI=1S/C19H22FN/c1-13-11-14(2)18(17(20)12-13)19(21)10-6-5-8-15-7-3-4-9-16(15)19/h3-4,7,9,11-12H,5-6,8,10,21H2,1-2H3. The molecule has 0 saturated carbocycles. The molecule has 0 aromatic heterocycles. The zero-order valence-corrected chi connectivity index (χ0v) is 12.7. The Kier molecular flexibility index (Phi) is 3.58. The highest BCUT2D eigenvalue weighted by Crippen LogP contribution is 2.40. The zero-order valence-electron chi connectivity index (χ0n) is 12.7. The van der Waals surface area contributed by atoms with E-state index in [-0.39, 0.29) is 5.82 Å². The molecule has 0 fully saturated rings. The van der Waals surface area contributed by atoms with Gasteiger partial charge < -0.3 is 5.73 Å². The number of aryl methyl sites for hydroxylation is 3. The van der Waals surface area contributed by atoms with E-state index in [1.54, 1.807) is 6.07 Å². The molecule has 1 atom stereocenters. The monoisotopic (exact) mass is 283 g/mol. The number of hydrogen-bond donors (Lipinski definition) is 1. The topological polar surface area (TPSA) is 26.0 Å². The molecule has 2 aromatic rings. The van der Waals surface area contributed by atoms with E-state index >= 15 is 0 Å². The highest BCUT2D eigenvalue weighted by molar-refractivity contribution is 5.48. The molecule has 0 saturated heterocycles. The van der Waals surface area contributed by atoms with Crippen molar-refractivity contribution in [3.8, 4) is 0 Å². The van der Waals surface area contributed by atoms with Crippen LogP contribution >= 0.6 is 0 Å². The van der Waals surface area contributed by atoms with Gasteiger partial charge in [-0.2, -0.15) is 0 Å². The van der Waals surface area contributed by atoms with E-state index in [0.717, 1.165) is 42.4 Å². The maximum atomic E-state index is 14.7. The first-order chi connectivity index (χ1) is 10.0. The van der Waals surface area contributed by atoms with Crippen LogP contribution in [0, 0.1) is 19.7 Å². The van der Waals surface area contributed by atoms with E-state index in [1.807, 2.05) is 32.0 Å². The summed E-state index contributed by atoms with van der Waals surface area (Å²) < 4.78 is 14.7. The van der Waals surface area contributed by atoms with Gasteiger partial charge in [-0.3, -0.25) is 0 Å². The van der Waals surface area contributed by atoms with Gasteiger partial charge in [0, 0.05) is 5.56 Å². The lowest BCUT2D eigenvalue weighted by molar-refractivity contribution is 0.449. The molecule has 1 aliphatic carbocycles. The summed E-state index contributed by atoms with van der Waals surface area (Å²) in [5.74, 6) is -0.174. The fourth-order valence-corrected chi connectivity index (χ4v) is 3.77. The summed E-state index contributed by atoms with van der Waals surface area (Å²) in [7, 11) is 0. The van der Waals surface area contributed by atoms with E-state index in [0.29, 0.717) is 5.56 Å². The van der Waals surface area contributed by atoms with Crippen molar-refractivity contribution in [2.24, 2.45) is 5.73 Å². The molecule has 0 aliphatic heterocycles. The summed E-state index contributed by atoms with van der Waals surface area (Å²) in [5.41, 5.74) is 11.0. The fraction of sp³-hybridized carbons (Fsp3) is 0.368. The molecular weight excluding hydrogens is 261 g/mol. The molecule has 0 bridgehead atoms. The molecule has 2 N–H and O–H groups in total. The number of benzene rings is 2. The van der Waals surface area contributed by atoms with Gasteiger partial charge in [-0.15, -0.1) is 0 Å². The third-order valence-electron chi connectivity index (χ3n) is 4.64. The molecule has 1 aliphatic rings. The number of rotatable bonds is 1. The first-order valence-electron chi connectivity index (χ1n) is 7.67. The van der Waals surface area contributed by atoms with Gasteiger partial charge in [-0.1, -0.05) is 36.8 Å². The van der Waals surface area contributed by atoms with Crippen LogP contribution in [0.15, 0.2) is 36.4 Å². The summed E-state index contributed by atoms with van der Waals surface area (Å²) in [5, 5.41) is 0. The van der Waals surface area contributed by atoms with Gasteiger partial charge in [-0.25, -0.2) is 4.39 Å². The molecule has 1 nitrogen and oxygen atoms in total. The van der Waals surface area contributed by atoms with Crippen LogP contribution in [0.4, 0.5) is 4.39 Å². The van der Waals surface area contributed by atoms with E-state index in [9.17, 15) is 4.39 Å². The Hall–Kier alpha value is -1.67. The second-order valence-corrected chi connectivity index (χ2v) is 6.27. The van der Waals surface area contributed by atoms with E-state index in [2.05, 4.69) is 12.1 Å². The van der Waals surface area contributed by atoms with Crippen LogP contribution in [0.2, 0.25) is 0 Å². The Morgan fingerprint density at radius 3 is 2.62 bits per heavy atom. The van der Waals surface area contributed by atoms with Crippen molar-refractivity contribution in [1.29, 1.82) is 0 Å². The summed E-state index contributed by atoms with van der Waals surface area (Å²) >= 11 is 0. The average Bonchev–Trinajstić information content (AvgIpc) is 2.58. The normalized spacial score (nSPS) is 21.7. The van der Waals surface area contributed by atoms with Gasteiger partial charge in [0.05, 0.1) is 5.54 Å². The maximum absolute atomic E-state index is 14.7. The van der Waals surface area contributed by atoms with Crippen molar-refractivity contribution in [3.05, 3.63) is 70.0 Å². The van der Waals surface area contributed by atoms with E-state index in [4.69, 9.17) is 5.73 Å². The van der Waals surface area contributed by atoms with E-state index < -0.39 is 5.54 Å². The molecule has 0 spiro atoms. The Morgan fingerprint density at radius 1 is 1.10 bits per heavy atom. The number of nitrogens with two attached hydrogens (primary N) is 1. The fourth-order valence-electron chi connectivity index (χ4n) is 3.77. The molecule has 0 amide bonds. The smallest absolute Gasteiger partial charge is 0.129 e. The minimum absolute atomic E-state index is 0.174. The number of fused-ring (bicyclic) bond motifs is 1. The molecule has 1 unspecified atom stereocenters. The lowest BCUT2D eigenvalue weighted by Crippen LogP contribution is -2.40. The zero-order chi connectivity index (χ0) is 15.0. The van der Waals surface area contributed by atoms with Crippen LogP contribution in [-0.4, -0.2) is 0 Å². The summed E-state index contributed by atoms with van der Waals surface area (Å²) in [6.45, 7) is 3.89. The molecule has 2 heteroatoms. The van der Waals surface area contributed by atoms with Gasteiger partial charge >= 0.3 is 0 Å². The first-order valence-corrected chi connectivity index (χ1v) is 7.67. The van der Waals surface area contributed by atoms with Gasteiger partial charge in [0.25, 0.3) is 0 Å². The lowest BCUT2D eigenvalue weighted by atomic mass is 9.77. The average molecular weight is 283 g/mol. The SMILES string of the molecule is Cc1cc(C)c(C2(N)CCCCc3ccccc32)c(F)c1. The molecule has 2 aromatic carbocycles. The second kappa shape index (κ2) is 5.27. The summed E-state index contributed by atoms with van der Waals surface area (Å²) in [6, 6.07) is 11.9. The van der Waals surface area contributed by atoms with Crippen LogP contribution in [-0.2, 0) is 12.0 Å². The molecule has 0 radical (unpaired) electrons. The molecular formula is C19H22FN. The summed E-state index contributed by atoms with van der Waals surface area (Å²) in [4.78, 5) is 0. The van der Waals surface area contributed by atoms with Crippen LogP contribution < -0.4 is 5.73 Å². The van der Waals surface area contributed by atoms with Crippen LogP contribution in [0.5, 0.6) is 0 Å². The molecule has 21 heavy (non-hydrogen) atoms. The number of halogens is 1. The van der Waals surface area contributed by atoms with Crippen LogP contribution in [0.3, 0.4) is 0 Å². The van der Waals surface area contributed by atoms with Crippen molar-refractivity contribution in [1.82, 2.24) is 0 Å². The molecule has 0 heterocycles. The molecule has 110 valence electrons. The van der Waals surface area contributed by atoms with Crippen LogP contribution in [0.1, 0.15) is 47.1 Å². The third kappa shape index (κ3) is 2.38. The maximum Gasteiger partial charge on any atom is 0.129 e. The van der Waals surface area contributed by atoms with Gasteiger partial charge in [0.2, 0.25) is 0 Å². The highest BCUT2D eigenvalue weighted by atomic mass is 19.1. The predicted octanol–water partition coefficient (Wildman–Crippen LogP) is 4.37. The minimum Gasteiger partial charge on any atom is -0.318 e. The van der Waals surface area contributed by atoms with Crippen molar-refractivity contribution in [2.75, 3.05) is 0 Å². The van der Waals surface area contributed by atoms with Crippen molar-refractivity contribution in [3.63, 3.8) is 0 Å². The second-order valence-electron chi connectivity index (χ2n) is 6.27. The van der Waals surface area contributed by atoms with Crippen molar-refractivity contribution in [2.45, 2.75) is 45.1 Å². The van der Waals surface area contributed by atoms with Gasteiger partial charge in [-0.05, 0) is 61.4 Å². The number of hydrogen-bond acceptors (Lipinski definition) is 1. The van der Waals surface area contributed by atoms with Crippen LogP contribution in [0.25, 0.3) is 0 Å². The van der Waals surface area contributed by atoms with Gasteiger partial charge in [0.15, 0.2) is 0 Å². The lowest BCUT2D eigenvalue weighted by Gasteiger charge is -2.33. The third-order valence-corrected chi connectivity index (χ3v) is 4.64. The van der Waals surface area contributed by atoms with Gasteiger partial charge in [0.1, 0.15) is 5.82 Å². The predicted molar refractivity (Wildman–Crippen MR) is 84.8 cm³/mol.